The SMILES string of the molecule is CN1C(=O)[C@@H](c2ccc3c(c2)OCO3)[C@@](C)(c2cc(-c3cccc(C#N)c3)cs2)N=C1N. The molecule has 0 bridgehead atoms. The maximum Gasteiger partial charge on any atom is 0.239 e. The quantitative estimate of drug-likeness (QED) is 0.662. The first-order chi connectivity index (χ1) is 15.4. The number of nitrogens with two attached hydrogens (primary N) is 1. The van der Waals surface area contributed by atoms with Crippen LogP contribution in [-0.4, -0.2) is 30.6 Å². The number of nitrogens with zero attached hydrogens (tertiary/aromatic N) is 3. The van der Waals surface area contributed by atoms with Crippen molar-refractivity contribution in [1.29, 1.82) is 5.26 Å². The van der Waals surface area contributed by atoms with E-state index in [0.29, 0.717) is 17.1 Å². The standard InChI is InChI=1S/C24H20N4O3S/c1-24(20-10-17(12-32-20)15-5-3-4-14(8-15)11-25)21(22(29)28(2)23(26)27-24)16-6-7-18-19(9-16)31-13-30-18/h3-10,12,21H,13H2,1-2H3,(H2,26,27)/t21-,24-/m1/s1. The summed E-state index contributed by atoms with van der Waals surface area (Å²) in [5.41, 5.74) is 8.52. The van der Waals surface area contributed by atoms with Gasteiger partial charge < -0.3 is 15.2 Å². The minimum absolute atomic E-state index is 0.139. The lowest BCUT2D eigenvalue weighted by Gasteiger charge is -2.40. The molecule has 0 saturated heterocycles. The molecule has 2 aliphatic heterocycles. The second-order valence-electron chi connectivity index (χ2n) is 7.95. The van der Waals surface area contributed by atoms with Gasteiger partial charge in [0.1, 0.15) is 5.54 Å². The molecule has 0 fully saturated rings. The zero-order valence-corrected chi connectivity index (χ0v) is 18.3. The fourth-order valence-electron chi connectivity index (χ4n) is 4.20. The van der Waals surface area contributed by atoms with Crippen molar-refractivity contribution in [3.8, 4) is 28.7 Å². The molecular weight excluding hydrogens is 424 g/mol. The van der Waals surface area contributed by atoms with E-state index in [1.54, 1.807) is 13.1 Å². The van der Waals surface area contributed by atoms with Gasteiger partial charge in [0.05, 0.1) is 17.6 Å². The first-order valence-electron chi connectivity index (χ1n) is 10.0. The summed E-state index contributed by atoms with van der Waals surface area (Å²) in [6.45, 7) is 2.09. The molecule has 7 nitrogen and oxygen atoms in total. The predicted molar refractivity (Wildman–Crippen MR) is 122 cm³/mol. The third-order valence-electron chi connectivity index (χ3n) is 5.98. The molecule has 3 aromatic rings. The van der Waals surface area contributed by atoms with Crippen LogP contribution in [0.15, 0.2) is 58.9 Å². The zero-order chi connectivity index (χ0) is 22.5. The molecular formula is C24H20N4O3S. The Morgan fingerprint density at radius 3 is 2.81 bits per heavy atom. The normalized spacial score (nSPS) is 21.9. The van der Waals surface area contributed by atoms with Gasteiger partial charge in [-0.15, -0.1) is 11.3 Å². The molecule has 0 aliphatic carbocycles. The number of carbonyl (C=O) groups is 1. The van der Waals surface area contributed by atoms with Gasteiger partial charge in [0.15, 0.2) is 17.5 Å². The van der Waals surface area contributed by atoms with Gasteiger partial charge in [-0.2, -0.15) is 5.26 Å². The van der Waals surface area contributed by atoms with Crippen LogP contribution in [0.25, 0.3) is 11.1 Å². The van der Waals surface area contributed by atoms with Crippen molar-refractivity contribution in [1.82, 2.24) is 4.90 Å². The number of amides is 1. The molecule has 160 valence electrons. The summed E-state index contributed by atoms with van der Waals surface area (Å²) in [7, 11) is 1.63. The third-order valence-corrected chi connectivity index (χ3v) is 7.14. The number of aliphatic imine (C=N–C) groups is 1. The topological polar surface area (TPSA) is 101 Å². The fraction of sp³-hybridized carbons (Fsp3) is 0.208. The Kier molecular flexibility index (Phi) is 4.64. The van der Waals surface area contributed by atoms with E-state index in [0.717, 1.165) is 21.6 Å². The van der Waals surface area contributed by atoms with E-state index >= 15 is 0 Å². The van der Waals surface area contributed by atoms with Crippen LogP contribution >= 0.6 is 11.3 Å². The van der Waals surface area contributed by atoms with Crippen LogP contribution in [0.1, 0.15) is 28.8 Å². The van der Waals surface area contributed by atoms with Gasteiger partial charge in [0.25, 0.3) is 0 Å². The highest BCUT2D eigenvalue weighted by molar-refractivity contribution is 7.10. The van der Waals surface area contributed by atoms with E-state index in [9.17, 15) is 10.1 Å². The Labute approximate surface area is 189 Å². The number of benzene rings is 2. The monoisotopic (exact) mass is 444 g/mol. The highest BCUT2D eigenvalue weighted by Gasteiger charge is 2.48. The number of rotatable bonds is 3. The van der Waals surface area contributed by atoms with E-state index in [2.05, 4.69) is 6.07 Å². The first-order valence-corrected chi connectivity index (χ1v) is 10.9. The highest BCUT2D eigenvalue weighted by Crippen LogP contribution is 2.48. The van der Waals surface area contributed by atoms with Crippen molar-refractivity contribution >= 4 is 23.2 Å². The molecule has 2 N–H and O–H groups in total. The number of hydrogen-bond acceptors (Lipinski definition) is 7. The molecule has 32 heavy (non-hydrogen) atoms. The van der Waals surface area contributed by atoms with Crippen molar-refractivity contribution < 1.29 is 14.3 Å². The van der Waals surface area contributed by atoms with Crippen LogP contribution in [-0.2, 0) is 10.3 Å². The Morgan fingerprint density at radius 2 is 2.00 bits per heavy atom. The van der Waals surface area contributed by atoms with Crippen molar-refractivity contribution in [3.05, 3.63) is 69.9 Å². The number of nitriles is 1. The molecule has 0 saturated carbocycles. The number of carbonyl (C=O) groups excluding carboxylic acids is 1. The van der Waals surface area contributed by atoms with Crippen molar-refractivity contribution in [3.63, 3.8) is 0 Å². The van der Waals surface area contributed by atoms with Crippen LogP contribution in [0.2, 0.25) is 0 Å². The lowest BCUT2D eigenvalue weighted by Crippen LogP contribution is -2.52. The maximum absolute atomic E-state index is 13.4. The minimum Gasteiger partial charge on any atom is -0.454 e. The number of ether oxygens (including phenoxy) is 2. The largest absolute Gasteiger partial charge is 0.454 e. The Hall–Kier alpha value is -3.83. The first kappa shape index (κ1) is 20.1. The number of guanidine groups is 1. The van der Waals surface area contributed by atoms with E-state index in [1.165, 1.54) is 16.2 Å². The summed E-state index contributed by atoms with van der Waals surface area (Å²) >= 11 is 1.52. The van der Waals surface area contributed by atoms with Crippen LogP contribution in [0, 0.1) is 11.3 Å². The van der Waals surface area contributed by atoms with Crippen molar-refractivity contribution in [2.45, 2.75) is 18.4 Å². The van der Waals surface area contributed by atoms with Gasteiger partial charge in [0.2, 0.25) is 12.7 Å². The van der Waals surface area contributed by atoms with E-state index in [1.807, 2.05) is 54.8 Å². The van der Waals surface area contributed by atoms with Crippen LogP contribution in [0.3, 0.4) is 0 Å². The lowest BCUT2D eigenvalue weighted by molar-refractivity contribution is -0.130. The molecule has 3 heterocycles. The molecule has 0 spiro atoms. The summed E-state index contributed by atoms with van der Waals surface area (Å²) in [4.78, 5) is 20.5. The molecule has 2 atom stereocenters. The van der Waals surface area contributed by atoms with Gasteiger partial charge in [-0.3, -0.25) is 9.69 Å². The Balaban J connectivity index is 1.62. The van der Waals surface area contributed by atoms with E-state index in [-0.39, 0.29) is 18.7 Å². The van der Waals surface area contributed by atoms with Gasteiger partial charge in [-0.1, -0.05) is 18.2 Å². The van der Waals surface area contributed by atoms with Gasteiger partial charge in [-0.25, -0.2) is 4.99 Å². The van der Waals surface area contributed by atoms with Crippen LogP contribution in [0.5, 0.6) is 11.5 Å². The van der Waals surface area contributed by atoms with E-state index in [4.69, 9.17) is 20.2 Å². The molecule has 2 aromatic carbocycles. The average Bonchev–Trinajstić information content (AvgIpc) is 3.47. The fourth-order valence-corrected chi connectivity index (χ4v) is 5.26. The van der Waals surface area contributed by atoms with Gasteiger partial charge >= 0.3 is 0 Å². The van der Waals surface area contributed by atoms with Crippen LogP contribution < -0.4 is 15.2 Å². The van der Waals surface area contributed by atoms with Crippen LogP contribution in [0.4, 0.5) is 0 Å². The maximum atomic E-state index is 13.4. The molecule has 0 unspecified atom stereocenters. The van der Waals surface area contributed by atoms with Crippen molar-refractivity contribution in [2.75, 3.05) is 13.8 Å². The third kappa shape index (κ3) is 3.10. The number of likely N-dealkylation sites (N-methyl/N-ethyl adjacent to an activating group) is 1. The molecule has 2 aliphatic rings. The molecule has 0 radical (unpaired) electrons. The molecule has 1 aromatic heterocycles. The smallest absolute Gasteiger partial charge is 0.239 e. The lowest BCUT2D eigenvalue weighted by atomic mass is 9.77. The van der Waals surface area contributed by atoms with Gasteiger partial charge in [0, 0.05) is 11.9 Å². The summed E-state index contributed by atoms with van der Waals surface area (Å²) in [5, 5.41) is 11.2. The number of fused-ring (bicyclic) bond motifs is 1. The number of hydrogen-bond donors (Lipinski definition) is 1. The van der Waals surface area contributed by atoms with Gasteiger partial charge in [-0.05, 0) is 59.3 Å². The summed E-state index contributed by atoms with van der Waals surface area (Å²) in [6.07, 6.45) is 0. The second kappa shape index (κ2) is 7.39. The van der Waals surface area contributed by atoms with Crippen molar-refractivity contribution in [2.24, 2.45) is 10.7 Å². The van der Waals surface area contributed by atoms with E-state index < -0.39 is 11.5 Å². The zero-order valence-electron chi connectivity index (χ0n) is 17.5. The molecule has 1 amide bonds. The molecule has 8 heteroatoms. The summed E-state index contributed by atoms with van der Waals surface area (Å²) < 4.78 is 11.0. The number of thiophene rings is 1. The highest BCUT2D eigenvalue weighted by atomic mass is 32.1. The Bertz CT molecular complexity index is 1310. The average molecular weight is 445 g/mol. The molecule has 5 rings (SSSR count). The second-order valence-corrected chi connectivity index (χ2v) is 8.86. The Morgan fingerprint density at radius 1 is 1.19 bits per heavy atom. The minimum atomic E-state index is -0.906. The summed E-state index contributed by atoms with van der Waals surface area (Å²) in [6, 6.07) is 17.2. The predicted octanol–water partition coefficient (Wildman–Crippen LogP) is 3.80. The summed E-state index contributed by atoms with van der Waals surface area (Å²) in [5.74, 6) is 0.719.